The number of hydrogen-bond donors (Lipinski definition) is 1. The molecular weight excluding hydrogens is 260 g/mol. The van der Waals surface area contributed by atoms with E-state index in [4.69, 9.17) is 5.73 Å². The number of sulfonamides is 1. The summed E-state index contributed by atoms with van der Waals surface area (Å²) in [5.74, 6) is -0.00402. The molecule has 2 rings (SSSR count). The van der Waals surface area contributed by atoms with E-state index < -0.39 is 10.0 Å². The smallest absolute Gasteiger partial charge is 0.259 e. The summed E-state index contributed by atoms with van der Waals surface area (Å²) in [6, 6.07) is 5.54. The lowest BCUT2D eigenvalue weighted by Gasteiger charge is -2.17. The van der Waals surface area contributed by atoms with Gasteiger partial charge in [-0.05, 0) is 16.5 Å². The van der Waals surface area contributed by atoms with Crippen LogP contribution in [0.15, 0.2) is 28.7 Å². The van der Waals surface area contributed by atoms with Gasteiger partial charge in [0.25, 0.3) is 10.0 Å². The van der Waals surface area contributed by atoms with E-state index in [0.29, 0.717) is 5.56 Å². The number of amidine groups is 1. The van der Waals surface area contributed by atoms with Crippen molar-refractivity contribution in [3.05, 3.63) is 41.0 Å². The van der Waals surface area contributed by atoms with Crippen molar-refractivity contribution in [1.29, 1.82) is 0 Å². The van der Waals surface area contributed by atoms with E-state index in [9.17, 15) is 8.42 Å². The van der Waals surface area contributed by atoms with Crippen molar-refractivity contribution >= 4 is 21.9 Å². The molecule has 0 atom stereocenters. The highest BCUT2D eigenvalue weighted by atomic mass is 32.2. The molecule has 0 aromatic heterocycles. The summed E-state index contributed by atoms with van der Waals surface area (Å²) in [6.07, 6.45) is 4.04. The van der Waals surface area contributed by atoms with Gasteiger partial charge in [0.05, 0.1) is 5.75 Å². The van der Waals surface area contributed by atoms with Crippen molar-refractivity contribution in [2.24, 2.45) is 15.5 Å². The fraction of sp³-hybridized carbons (Fsp3) is 0.357. The summed E-state index contributed by atoms with van der Waals surface area (Å²) in [5, 5.41) is 0. The molecule has 5 heteroatoms. The van der Waals surface area contributed by atoms with E-state index in [2.05, 4.69) is 31.2 Å². The first kappa shape index (κ1) is 13.8. The van der Waals surface area contributed by atoms with Crippen LogP contribution >= 0.6 is 0 Å². The molecule has 0 amide bonds. The Kier molecular flexibility index (Phi) is 3.26. The molecule has 0 bridgehead atoms. The van der Waals surface area contributed by atoms with Crippen molar-refractivity contribution in [3.63, 3.8) is 0 Å². The lowest BCUT2D eigenvalue weighted by Crippen LogP contribution is -2.24. The molecule has 102 valence electrons. The van der Waals surface area contributed by atoms with Crippen LogP contribution in [0.4, 0.5) is 0 Å². The number of benzene rings is 1. The number of fused-ring (bicyclic) bond motifs is 1. The van der Waals surface area contributed by atoms with Crippen molar-refractivity contribution < 1.29 is 8.42 Å². The van der Waals surface area contributed by atoms with Crippen molar-refractivity contribution in [1.82, 2.24) is 0 Å². The zero-order chi connectivity index (χ0) is 14.3. The highest BCUT2D eigenvalue weighted by molar-refractivity contribution is 7.89. The molecule has 0 unspecified atom stereocenters. The molecule has 1 heterocycles. The maximum absolute atomic E-state index is 11.6. The minimum absolute atomic E-state index is 0.0510. The molecule has 0 spiro atoms. The molecule has 1 aliphatic rings. The van der Waals surface area contributed by atoms with Crippen LogP contribution in [0.2, 0.25) is 0 Å². The van der Waals surface area contributed by atoms with E-state index in [-0.39, 0.29) is 17.0 Å². The maximum atomic E-state index is 11.6. The van der Waals surface area contributed by atoms with Crippen LogP contribution in [0.5, 0.6) is 0 Å². The fourth-order valence-corrected chi connectivity index (χ4v) is 3.04. The first-order valence-corrected chi connectivity index (χ1v) is 7.68. The summed E-state index contributed by atoms with van der Waals surface area (Å²) in [7, 11) is -3.47. The molecular formula is C14H18N2O2S. The molecule has 2 N–H and O–H groups in total. The highest BCUT2D eigenvalue weighted by Gasteiger charge is 2.23. The van der Waals surface area contributed by atoms with Gasteiger partial charge in [-0.15, -0.1) is 4.40 Å². The Hall–Kier alpha value is -1.62. The van der Waals surface area contributed by atoms with E-state index in [0.717, 1.165) is 11.1 Å². The Morgan fingerprint density at radius 2 is 2.00 bits per heavy atom. The molecule has 0 saturated carbocycles. The minimum Gasteiger partial charge on any atom is -0.383 e. The van der Waals surface area contributed by atoms with E-state index in [1.54, 1.807) is 6.07 Å². The third-order valence-corrected chi connectivity index (χ3v) is 3.93. The number of nitrogens with two attached hydrogens (primary N) is 1. The molecule has 0 radical (unpaired) electrons. The normalized spacial score (nSPS) is 18.2. The summed E-state index contributed by atoms with van der Waals surface area (Å²) in [4.78, 5) is 0. The Balaban J connectivity index is 2.54. The third-order valence-electron chi connectivity index (χ3n) is 2.78. The first-order valence-electron chi connectivity index (χ1n) is 6.08. The van der Waals surface area contributed by atoms with E-state index in [1.165, 1.54) is 0 Å². The SMILES string of the molecule is CC(C)(C)/C=C/c1cccc2c1C(N)=NS(=O)(=O)C2. The second kappa shape index (κ2) is 4.49. The van der Waals surface area contributed by atoms with Crippen LogP contribution in [0.3, 0.4) is 0 Å². The van der Waals surface area contributed by atoms with Crippen molar-refractivity contribution in [3.8, 4) is 0 Å². The third kappa shape index (κ3) is 3.23. The standard InChI is InChI=1S/C14H18N2O2S/c1-14(2,3)8-7-10-5-4-6-11-9-19(17,18)16-13(15)12(10)11/h4-8H,9H2,1-3H3,(H2,15,16)/b8-7+. The minimum atomic E-state index is -3.47. The van der Waals surface area contributed by atoms with Crippen LogP contribution in [0.25, 0.3) is 6.08 Å². The van der Waals surface area contributed by atoms with Gasteiger partial charge in [0.2, 0.25) is 0 Å². The second-order valence-electron chi connectivity index (χ2n) is 5.78. The second-order valence-corrected chi connectivity index (χ2v) is 7.42. The van der Waals surface area contributed by atoms with Crippen LogP contribution in [0, 0.1) is 5.41 Å². The molecule has 1 aliphatic heterocycles. The van der Waals surface area contributed by atoms with Gasteiger partial charge >= 0.3 is 0 Å². The van der Waals surface area contributed by atoms with Crippen molar-refractivity contribution in [2.75, 3.05) is 0 Å². The van der Waals surface area contributed by atoms with Crippen LogP contribution in [-0.4, -0.2) is 14.3 Å². The number of rotatable bonds is 1. The zero-order valence-corrected chi connectivity index (χ0v) is 12.2. The summed E-state index contributed by atoms with van der Waals surface area (Å²) < 4.78 is 26.7. The van der Waals surface area contributed by atoms with Gasteiger partial charge in [0, 0.05) is 5.56 Å². The quantitative estimate of drug-likeness (QED) is 0.856. The van der Waals surface area contributed by atoms with Gasteiger partial charge in [-0.2, -0.15) is 0 Å². The highest BCUT2D eigenvalue weighted by Crippen LogP contribution is 2.25. The zero-order valence-electron chi connectivity index (χ0n) is 11.3. The van der Waals surface area contributed by atoms with Crippen LogP contribution < -0.4 is 5.73 Å². The Bertz CT molecular complexity index is 665. The largest absolute Gasteiger partial charge is 0.383 e. The average molecular weight is 278 g/mol. The Labute approximate surface area is 114 Å². The molecule has 0 fully saturated rings. The summed E-state index contributed by atoms with van der Waals surface area (Å²) >= 11 is 0. The van der Waals surface area contributed by atoms with Crippen LogP contribution in [-0.2, 0) is 15.8 Å². The topological polar surface area (TPSA) is 72.5 Å². The van der Waals surface area contributed by atoms with Gasteiger partial charge in [-0.3, -0.25) is 0 Å². The molecule has 4 nitrogen and oxygen atoms in total. The van der Waals surface area contributed by atoms with E-state index >= 15 is 0 Å². The van der Waals surface area contributed by atoms with Crippen LogP contribution in [0.1, 0.15) is 37.5 Å². The monoisotopic (exact) mass is 278 g/mol. The van der Waals surface area contributed by atoms with Gasteiger partial charge in [-0.25, -0.2) is 8.42 Å². The first-order chi connectivity index (χ1) is 8.68. The van der Waals surface area contributed by atoms with Gasteiger partial charge < -0.3 is 5.73 Å². The summed E-state index contributed by atoms with van der Waals surface area (Å²) in [6.45, 7) is 6.29. The number of nitrogens with zero attached hydrogens (tertiary/aromatic N) is 1. The molecule has 19 heavy (non-hydrogen) atoms. The maximum Gasteiger partial charge on any atom is 0.259 e. The van der Waals surface area contributed by atoms with Gasteiger partial charge in [0.1, 0.15) is 5.84 Å². The number of hydrogen-bond acceptors (Lipinski definition) is 3. The predicted octanol–water partition coefficient (Wildman–Crippen LogP) is 2.29. The molecule has 1 aromatic carbocycles. The summed E-state index contributed by atoms with van der Waals surface area (Å²) in [5.41, 5.74) is 8.20. The Morgan fingerprint density at radius 1 is 1.32 bits per heavy atom. The van der Waals surface area contributed by atoms with Gasteiger partial charge in [-0.1, -0.05) is 51.1 Å². The fourth-order valence-electron chi connectivity index (χ4n) is 1.96. The van der Waals surface area contributed by atoms with Gasteiger partial charge in [0.15, 0.2) is 0 Å². The van der Waals surface area contributed by atoms with E-state index in [1.807, 2.05) is 18.2 Å². The Morgan fingerprint density at radius 3 is 2.63 bits per heavy atom. The lowest BCUT2D eigenvalue weighted by molar-refractivity contribution is 0.547. The predicted molar refractivity (Wildman–Crippen MR) is 78.3 cm³/mol. The number of allylic oxidation sites excluding steroid dienone is 1. The average Bonchev–Trinajstić information content (AvgIpc) is 2.22. The molecule has 0 aliphatic carbocycles. The lowest BCUT2D eigenvalue weighted by atomic mass is 9.93. The molecule has 0 saturated heterocycles. The van der Waals surface area contributed by atoms with Crippen molar-refractivity contribution in [2.45, 2.75) is 26.5 Å². The molecule has 1 aromatic rings.